The van der Waals surface area contributed by atoms with E-state index in [1.165, 1.54) is 6.26 Å². The van der Waals surface area contributed by atoms with Gasteiger partial charge in [0, 0.05) is 0 Å². The van der Waals surface area contributed by atoms with Crippen molar-refractivity contribution in [3.8, 4) is 0 Å². The predicted octanol–water partition coefficient (Wildman–Crippen LogP) is 1.69. The van der Waals surface area contributed by atoms with Crippen LogP contribution in [0, 0.1) is 11.3 Å². The zero-order valence-corrected chi connectivity index (χ0v) is 10.9. The van der Waals surface area contributed by atoms with Crippen molar-refractivity contribution in [2.75, 3.05) is 20.0 Å². The number of rotatable bonds is 4. The first-order chi connectivity index (χ1) is 7.27. The third-order valence-electron chi connectivity index (χ3n) is 3.08. The lowest BCUT2D eigenvalue weighted by molar-refractivity contribution is 0.101. The van der Waals surface area contributed by atoms with Gasteiger partial charge in [-0.05, 0) is 23.3 Å². The number of ether oxygens (including phenoxy) is 1. The second-order valence-corrected chi connectivity index (χ2v) is 6.23. The highest BCUT2D eigenvalue weighted by molar-refractivity contribution is 7.85. The van der Waals surface area contributed by atoms with Crippen molar-refractivity contribution in [2.24, 2.45) is 11.3 Å². The molecule has 1 aliphatic rings. The molecule has 1 unspecified atom stereocenters. The summed E-state index contributed by atoms with van der Waals surface area (Å²) in [5, 5.41) is 0. The Morgan fingerprint density at radius 2 is 2.19 bits per heavy atom. The lowest BCUT2D eigenvalue weighted by atomic mass is 9.59. The van der Waals surface area contributed by atoms with Crippen LogP contribution in [-0.2, 0) is 19.0 Å². The Morgan fingerprint density at radius 3 is 2.62 bits per heavy atom. The van der Waals surface area contributed by atoms with Crippen molar-refractivity contribution in [1.29, 1.82) is 0 Å². The summed E-state index contributed by atoms with van der Waals surface area (Å²) in [6, 6.07) is 0. The van der Waals surface area contributed by atoms with Crippen LogP contribution >= 0.6 is 0 Å². The Morgan fingerprint density at radius 1 is 1.56 bits per heavy atom. The summed E-state index contributed by atoms with van der Waals surface area (Å²) in [5.74, 6) is 0.218. The third kappa shape index (κ3) is 3.11. The second-order valence-electron chi connectivity index (χ2n) is 4.59. The largest absolute Gasteiger partial charge is 0.496 e. The molecule has 1 rings (SSSR count). The molecular formula is C11H18O4S. The fraction of sp³-hybridized carbons (Fsp3) is 0.727. The van der Waals surface area contributed by atoms with Crippen LogP contribution in [0.1, 0.15) is 20.3 Å². The van der Waals surface area contributed by atoms with Crippen LogP contribution in [0.25, 0.3) is 0 Å². The summed E-state index contributed by atoms with van der Waals surface area (Å²) in [5.41, 5.74) is 4.12. The molecule has 0 aromatic carbocycles. The molecule has 0 bridgehead atoms. The molecule has 1 fully saturated rings. The highest BCUT2D eigenvalue weighted by Gasteiger charge is 2.44. The average Bonchev–Trinajstić information content (AvgIpc) is 2.13. The van der Waals surface area contributed by atoms with Crippen LogP contribution in [0.2, 0.25) is 0 Å². The maximum absolute atomic E-state index is 10.9. The summed E-state index contributed by atoms with van der Waals surface area (Å²) < 4.78 is 31.4. The fourth-order valence-electron chi connectivity index (χ4n) is 1.73. The van der Waals surface area contributed by atoms with Gasteiger partial charge in [-0.2, -0.15) is 8.42 Å². The average molecular weight is 246 g/mol. The molecule has 0 radical (unpaired) electrons. The number of hydrogen-bond donors (Lipinski definition) is 0. The Bertz CT molecular complexity index is 413. The van der Waals surface area contributed by atoms with Crippen LogP contribution in [0.3, 0.4) is 0 Å². The van der Waals surface area contributed by atoms with Gasteiger partial charge in [-0.1, -0.05) is 19.6 Å². The predicted molar refractivity (Wildman–Crippen MR) is 61.3 cm³/mol. The molecule has 0 N–H and O–H groups in total. The topological polar surface area (TPSA) is 52.6 Å². The van der Waals surface area contributed by atoms with Gasteiger partial charge >= 0.3 is 0 Å². The Hall–Kier alpha value is -0.770. The van der Waals surface area contributed by atoms with Gasteiger partial charge in [-0.15, -0.1) is 0 Å². The molecule has 4 nitrogen and oxygen atoms in total. The minimum Gasteiger partial charge on any atom is -0.496 e. The SMILES string of the molecule is COC=C=C1CC(COS(C)(=O)=O)C1(C)C. The van der Waals surface area contributed by atoms with Crippen LogP contribution in [0.15, 0.2) is 17.6 Å². The van der Waals surface area contributed by atoms with E-state index in [2.05, 4.69) is 19.6 Å². The Kier molecular flexibility index (Phi) is 3.84. The van der Waals surface area contributed by atoms with Gasteiger partial charge < -0.3 is 4.74 Å². The van der Waals surface area contributed by atoms with E-state index in [1.54, 1.807) is 7.11 Å². The van der Waals surface area contributed by atoms with Gasteiger partial charge in [0.25, 0.3) is 10.1 Å². The van der Waals surface area contributed by atoms with Gasteiger partial charge in [0.1, 0.15) is 6.26 Å². The summed E-state index contributed by atoms with van der Waals surface area (Å²) in [7, 11) is -1.77. The normalized spacial score (nSPS) is 23.2. The monoisotopic (exact) mass is 246 g/mol. The smallest absolute Gasteiger partial charge is 0.264 e. The molecule has 0 aromatic rings. The minimum atomic E-state index is -3.34. The summed E-state index contributed by atoms with van der Waals surface area (Å²) in [6.07, 6.45) is 3.40. The quantitative estimate of drug-likeness (QED) is 0.430. The molecule has 0 amide bonds. The van der Waals surface area contributed by atoms with E-state index >= 15 is 0 Å². The van der Waals surface area contributed by atoms with E-state index in [1.807, 2.05) is 0 Å². The third-order valence-corrected chi connectivity index (χ3v) is 3.65. The maximum atomic E-state index is 10.9. The Labute approximate surface area is 97.1 Å². The summed E-state index contributed by atoms with van der Waals surface area (Å²) >= 11 is 0. The first-order valence-corrected chi connectivity index (χ1v) is 6.90. The van der Waals surface area contributed by atoms with Gasteiger partial charge in [0.05, 0.1) is 20.0 Å². The van der Waals surface area contributed by atoms with E-state index < -0.39 is 10.1 Å². The van der Waals surface area contributed by atoms with Crippen molar-refractivity contribution < 1.29 is 17.3 Å². The molecule has 92 valence electrons. The van der Waals surface area contributed by atoms with Crippen molar-refractivity contribution in [2.45, 2.75) is 20.3 Å². The zero-order valence-electron chi connectivity index (χ0n) is 10.1. The van der Waals surface area contributed by atoms with E-state index in [0.29, 0.717) is 0 Å². The van der Waals surface area contributed by atoms with Crippen LogP contribution in [0.4, 0.5) is 0 Å². The zero-order chi connectivity index (χ0) is 12.4. The van der Waals surface area contributed by atoms with Crippen molar-refractivity contribution >= 4 is 10.1 Å². The molecular weight excluding hydrogens is 228 g/mol. The lowest BCUT2D eigenvalue weighted by Gasteiger charge is -2.45. The lowest BCUT2D eigenvalue weighted by Crippen LogP contribution is -2.40. The van der Waals surface area contributed by atoms with Crippen molar-refractivity contribution in [3.05, 3.63) is 17.6 Å². The van der Waals surface area contributed by atoms with Crippen LogP contribution in [0.5, 0.6) is 0 Å². The number of allylic oxidation sites excluding steroid dienone is 1. The van der Waals surface area contributed by atoms with Crippen LogP contribution in [-0.4, -0.2) is 28.4 Å². The van der Waals surface area contributed by atoms with Crippen molar-refractivity contribution in [3.63, 3.8) is 0 Å². The highest BCUT2D eigenvalue weighted by atomic mass is 32.2. The van der Waals surface area contributed by atoms with Gasteiger partial charge in [-0.25, -0.2) is 0 Å². The molecule has 1 atom stereocenters. The van der Waals surface area contributed by atoms with E-state index in [4.69, 9.17) is 8.92 Å². The molecule has 0 saturated heterocycles. The fourth-order valence-corrected chi connectivity index (χ4v) is 2.14. The molecule has 0 heterocycles. The summed E-state index contributed by atoms with van der Waals surface area (Å²) in [4.78, 5) is 0. The Balaban J connectivity index is 2.61. The maximum Gasteiger partial charge on any atom is 0.264 e. The summed E-state index contributed by atoms with van der Waals surface area (Å²) in [6.45, 7) is 4.35. The van der Waals surface area contributed by atoms with E-state index in [0.717, 1.165) is 18.2 Å². The van der Waals surface area contributed by atoms with Gasteiger partial charge in [0.2, 0.25) is 0 Å². The molecule has 0 spiro atoms. The molecule has 5 heteroatoms. The minimum absolute atomic E-state index is 0.0697. The molecule has 1 aliphatic carbocycles. The first kappa shape index (κ1) is 13.3. The van der Waals surface area contributed by atoms with Crippen LogP contribution < -0.4 is 0 Å². The molecule has 0 aliphatic heterocycles. The molecule has 16 heavy (non-hydrogen) atoms. The van der Waals surface area contributed by atoms with Gasteiger partial charge in [-0.3, -0.25) is 4.18 Å². The van der Waals surface area contributed by atoms with Crippen molar-refractivity contribution in [1.82, 2.24) is 0 Å². The number of hydrogen-bond acceptors (Lipinski definition) is 4. The molecule has 1 saturated carbocycles. The van der Waals surface area contributed by atoms with E-state index in [9.17, 15) is 8.42 Å². The standard InChI is InChI=1S/C11H18O4S/c1-11(2)9(5-6-14-3)7-10(11)8-15-16(4,12)13/h6,10H,7-8H2,1-4H3. The highest BCUT2D eigenvalue weighted by Crippen LogP contribution is 2.50. The number of methoxy groups -OCH3 is 1. The first-order valence-electron chi connectivity index (χ1n) is 5.09. The van der Waals surface area contributed by atoms with Gasteiger partial charge in [0.15, 0.2) is 0 Å². The van der Waals surface area contributed by atoms with E-state index in [-0.39, 0.29) is 17.9 Å². The molecule has 0 aromatic heterocycles. The second kappa shape index (κ2) is 4.62.